The first-order chi connectivity index (χ1) is 6.79. The molecular weight excluding hydrogens is 216 g/mol. The lowest BCUT2D eigenvalue weighted by molar-refractivity contribution is 0.767. The van der Waals surface area contributed by atoms with Crippen LogP contribution in [0.1, 0.15) is 19.3 Å². The number of nitrogens with zero attached hydrogens (tertiary/aromatic N) is 2. The van der Waals surface area contributed by atoms with Gasteiger partial charge in [0.15, 0.2) is 0 Å². The summed E-state index contributed by atoms with van der Waals surface area (Å²) in [6.07, 6.45) is 5.99. The summed E-state index contributed by atoms with van der Waals surface area (Å²) in [5.74, 6) is 0.371. The lowest BCUT2D eigenvalue weighted by Crippen LogP contribution is -2.25. The molecule has 0 aliphatic heterocycles. The van der Waals surface area contributed by atoms with Gasteiger partial charge in [0.1, 0.15) is 0 Å². The number of hydrogen-bond donors (Lipinski definition) is 2. The van der Waals surface area contributed by atoms with E-state index in [2.05, 4.69) is 20.9 Å². The van der Waals surface area contributed by atoms with Gasteiger partial charge in [-0.25, -0.2) is 0 Å². The summed E-state index contributed by atoms with van der Waals surface area (Å²) in [4.78, 5) is 4.11. The smallest absolute Gasteiger partial charge is 0.233 e. The lowest BCUT2D eigenvalue weighted by Gasteiger charge is -2.17. The van der Waals surface area contributed by atoms with E-state index in [1.54, 1.807) is 0 Å². The van der Waals surface area contributed by atoms with Crippen LogP contribution in [-0.4, -0.2) is 26.9 Å². The highest BCUT2D eigenvalue weighted by molar-refractivity contribution is 7.99. The molecule has 0 spiro atoms. The van der Waals surface area contributed by atoms with Gasteiger partial charge in [0.25, 0.3) is 0 Å². The number of nitrogen functional groups attached to an aromatic ring is 1. The maximum Gasteiger partial charge on any atom is 0.233 e. The van der Waals surface area contributed by atoms with Crippen LogP contribution in [0.15, 0.2) is 0 Å². The molecule has 1 heterocycles. The standard InChI is InChI=1S/C8H14N4S2/c1-13-6-4-2-3-5(6)10-8-11-7(9)12-14-8/h5-6H,2-4H2,1H3,(H3,9,10,11,12). The van der Waals surface area contributed by atoms with E-state index in [1.165, 1.54) is 30.8 Å². The molecule has 0 amide bonds. The molecule has 4 nitrogen and oxygen atoms in total. The molecule has 1 saturated carbocycles. The van der Waals surface area contributed by atoms with Crippen LogP contribution < -0.4 is 11.1 Å². The Bertz CT molecular complexity index is 301. The molecule has 0 bridgehead atoms. The number of rotatable bonds is 3. The Morgan fingerprint density at radius 3 is 3.07 bits per heavy atom. The predicted octanol–water partition coefficient (Wildman–Crippen LogP) is 1.82. The van der Waals surface area contributed by atoms with Crippen LogP contribution in [-0.2, 0) is 0 Å². The molecule has 0 radical (unpaired) electrons. The van der Waals surface area contributed by atoms with E-state index in [0.29, 0.717) is 17.2 Å². The summed E-state index contributed by atoms with van der Waals surface area (Å²) >= 11 is 3.27. The van der Waals surface area contributed by atoms with Gasteiger partial charge in [-0.3, -0.25) is 0 Å². The summed E-state index contributed by atoms with van der Waals surface area (Å²) < 4.78 is 3.95. The van der Waals surface area contributed by atoms with Gasteiger partial charge in [0, 0.05) is 22.8 Å². The Morgan fingerprint density at radius 1 is 1.57 bits per heavy atom. The highest BCUT2D eigenvalue weighted by Gasteiger charge is 2.26. The van der Waals surface area contributed by atoms with Crippen molar-refractivity contribution in [2.45, 2.75) is 30.6 Å². The van der Waals surface area contributed by atoms with Crippen molar-refractivity contribution < 1.29 is 0 Å². The first-order valence-corrected chi connectivity index (χ1v) is 6.74. The number of hydrogen-bond acceptors (Lipinski definition) is 6. The van der Waals surface area contributed by atoms with Crippen molar-refractivity contribution in [3.63, 3.8) is 0 Å². The van der Waals surface area contributed by atoms with Crippen molar-refractivity contribution in [2.75, 3.05) is 17.3 Å². The van der Waals surface area contributed by atoms with Crippen LogP contribution in [0, 0.1) is 0 Å². The van der Waals surface area contributed by atoms with Gasteiger partial charge in [-0.2, -0.15) is 21.1 Å². The Hall–Kier alpha value is -0.490. The van der Waals surface area contributed by atoms with Gasteiger partial charge in [-0.05, 0) is 19.1 Å². The summed E-state index contributed by atoms with van der Waals surface area (Å²) in [6.45, 7) is 0. The third-order valence-electron chi connectivity index (χ3n) is 2.51. The first kappa shape index (κ1) is 10.0. The summed E-state index contributed by atoms with van der Waals surface area (Å²) in [6, 6.07) is 0.539. The Kier molecular flexibility index (Phi) is 3.12. The number of aromatic nitrogens is 2. The predicted molar refractivity (Wildman–Crippen MR) is 62.9 cm³/mol. The summed E-state index contributed by atoms with van der Waals surface area (Å²) in [7, 11) is 0. The molecule has 2 atom stereocenters. The van der Waals surface area contributed by atoms with E-state index in [9.17, 15) is 0 Å². The molecule has 78 valence electrons. The zero-order valence-electron chi connectivity index (χ0n) is 8.06. The maximum absolute atomic E-state index is 5.46. The Labute approximate surface area is 91.8 Å². The van der Waals surface area contributed by atoms with Crippen molar-refractivity contribution in [1.82, 2.24) is 9.36 Å². The van der Waals surface area contributed by atoms with Crippen LogP contribution in [0.3, 0.4) is 0 Å². The monoisotopic (exact) mass is 230 g/mol. The fraction of sp³-hybridized carbons (Fsp3) is 0.750. The van der Waals surface area contributed by atoms with Crippen LogP contribution in [0.25, 0.3) is 0 Å². The quantitative estimate of drug-likeness (QED) is 0.829. The zero-order valence-corrected chi connectivity index (χ0v) is 9.70. The third-order valence-corrected chi connectivity index (χ3v) is 4.34. The maximum atomic E-state index is 5.46. The van der Waals surface area contributed by atoms with Gasteiger partial charge in [0.05, 0.1) is 0 Å². The average molecular weight is 230 g/mol. The second-order valence-corrected chi connectivity index (χ2v) is 5.24. The van der Waals surface area contributed by atoms with Crippen molar-refractivity contribution in [1.29, 1.82) is 0 Å². The lowest BCUT2D eigenvalue weighted by atomic mass is 10.2. The van der Waals surface area contributed by atoms with E-state index < -0.39 is 0 Å². The summed E-state index contributed by atoms with van der Waals surface area (Å²) in [5.41, 5.74) is 5.46. The minimum absolute atomic E-state index is 0.371. The van der Waals surface area contributed by atoms with E-state index in [-0.39, 0.29) is 0 Å². The second kappa shape index (κ2) is 4.35. The molecule has 1 aliphatic carbocycles. The molecule has 2 unspecified atom stereocenters. The van der Waals surface area contributed by atoms with Crippen molar-refractivity contribution in [2.24, 2.45) is 0 Å². The molecular formula is C8H14N4S2. The minimum Gasteiger partial charge on any atom is -0.367 e. The number of anilines is 2. The largest absolute Gasteiger partial charge is 0.367 e. The normalized spacial score (nSPS) is 26.6. The second-order valence-electron chi connectivity index (χ2n) is 3.41. The van der Waals surface area contributed by atoms with Crippen molar-refractivity contribution >= 4 is 34.4 Å². The molecule has 1 fully saturated rings. The Balaban J connectivity index is 1.96. The van der Waals surface area contributed by atoms with Crippen LogP contribution in [0.4, 0.5) is 11.1 Å². The van der Waals surface area contributed by atoms with Gasteiger partial charge in [-0.1, -0.05) is 6.42 Å². The topological polar surface area (TPSA) is 63.8 Å². The molecule has 0 aromatic carbocycles. The molecule has 0 saturated heterocycles. The Morgan fingerprint density at radius 2 is 2.43 bits per heavy atom. The molecule has 1 aromatic heterocycles. The molecule has 1 aromatic rings. The van der Waals surface area contributed by atoms with Crippen LogP contribution >= 0.6 is 23.3 Å². The first-order valence-electron chi connectivity index (χ1n) is 4.68. The summed E-state index contributed by atoms with van der Waals surface area (Å²) in [5, 5.41) is 4.97. The minimum atomic E-state index is 0.371. The number of nitrogens with two attached hydrogens (primary N) is 1. The van der Waals surface area contributed by atoms with Gasteiger partial charge >= 0.3 is 0 Å². The van der Waals surface area contributed by atoms with E-state index in [1.807, 2.05) is 11.8 Å². The van der Waals surface area contributed by atoms with E-state index >= 15 is 0 Å². The highest BCUT2D eigenvalue weighted by atomic mass is 32.2. The molecule has 14 heavy (non-hydrogen) atoms. The van der Waals surface area contributed by atoms with Crippen molar-refractivity contribution in [3.8, 4) is 0 Å². The van der Waals surface area contributed by atoms with Gasteiger partial charge in [0.2, 0.25) is 11.1 Å². The molecule has 3 N–H and O–H groups in total. The SMILES string of the molecule is CSC1CCCC1Nc1nc(N)ns1. The van der Waals surface area contributed by atoms with E-state index in [4.69, 9.17) is 5.73 Å². The number of nitrogens with one attached hydrogen (secondary N) is 1. The average Bonchev–Trinajstić information content (AvgIpc) is 2.76. The zero-order chi connectivity index (χ0) is 9.97. The van der Waals surface area contributed by atoms with Crippen molar-refractivity contribution in [3.05, 3.63) is 0 Å². The van der Waals surface area contributed by atoms with E-state index in [0.717, 1.165) is 5.13 Å². The fourth-order valence-electron chi connectivity index (χ4n) is 1.83. The number of thioether (sulfide) groups is 1. The van der Waals surface area contributed by atoms with Crippen LogP contribution in [0.2, 0.25) is 0 Å². The highest BCUT2D eigenvalue weighted by Crippen LogP contribution is 2.31. The molecule has 6 heteroatoms. The molecule has 1 aliphatic rings. The fourth-order valence-corrected chi connectivity index (χ4v) is 3.32. The van der Waals surface area contributed by atoms with Gasteiger partial charge in [-0.15, -0.1) is 0 Å². The third kappa shape index (κ3) is 2.12. The molecule has 2 rings (SSSR count). The van der Waals surface area contributed by atoms with Gasteiger partial charge < -0.3 is 11.1 Å². The van der Waals surface area contributed by atoms with Crippen LogP contribution in [0.5, 0.6) is 0 Å².